The van der Waals surface area contributed by atoms with Gasteiger partial charge in [-0.05, 0) is 43.2 Å². The van der Waals surface area contributed by atoms with E-state index in [1.54, 1.807) is 18.6 Å². The summed E-state index contributed by atoms with van der Waals surface area (Å²) >= 11 is 0. The quantitative estimate of drug-likeness (QED) is 0.757. The van der Waals surface area contributed by atoms with Gasteiger partial charge in [-0.3, -0.25) is 0 Å². The molecule has 3 heterocycles. The van der Waals surface area contributed by atoms with Crippen LogP contribution in [0.3, 0.4) is 0 Å². The standard InChI is InChI=1S/C19H22N8/c1-14-4-5-16(12-15(14)2)23-17-13-22-25-19(24-17)27-10-8-26(9-11-27)18-20-6-3-7-21-18/h3-7,12-13H,8-11H2,1-2H3,(H,23,24,25). The van der Waals surface area contributed by atoms with Crippen LogP contribution in [0.15, 0.2) is 42.9 Å². The Morgan fingerprint density at radius 1 is 0.889 bits per heavy atom. The van der Waals surface area contributed by atoms with Gasteiger partial charge in [-0.15, -0.1) is 5.10 Å². The van der Waals surface area contributed by atoms with E-state index in [1.807, 2.05) is 12.1 Å². The van der Waals surface area contributed by atoms with E-state index in [0.29, 0.717) is 11.8 Å². The average Bonchev–Trinajstić information content (AvgIpc) is 2.72. The Morgan fingerprint density at radius 2 is 1.59 bits per heavy atom. The zero-order chi connectivity index (χ0) is 18.6. The number of anilines is 4. The molecule has 1 aromatic carbocycles. The van der Waals surface area contributed by atoms with E-state index in [9.17, 15) is 0 Å². The zero-order valence-electron chi connectivity index (χ0n) is 15.5. The molecule has 1 saturated heterocycles. The third-order valence-electron chi connectivity index (χ3n) is 4.72. The summed E-state index contributed by atoms with van der Waals surface area (Å²) < 4.78 is 0. The van der Waals surface area contributed by atoms with Crippen molar-refractivity contribution in [1.29, 1.82) is 0 Å². The highest BCUT2D eigenvalue weighted by Gasteiger charge is 2.21. The second-order valence-corrected chi connectivity index (χ2v) is 6.59. The van der Waals surface area contributed by atoms with Crippen LogP contribution in [0.25, 0.3) is 0 Å². The van der Waals surface area contributed by atoms with Gasteiger partial charge in [0, 0.05) is 44.3 Å². The molecule has 0 saturated carbocycles. The van der Waals surface area contributed by atoms with Crippen molar-refractivity contribution in [2.45, 2.75) is 13.8 Å². The molecule has 1 N–H and O–H groups in total. The number of hydrogen-bond donors (Lipinski definition) is 1. The average molecular weight is 362 g/mol. The van der Waals surface area contributed by atoms with E-state index < -0.39 is 0 Å². The molecule has 2 aromatic heterocycles. The van der Waals surface area contributed by atoms with Crippen LogP contribution >= 0.6 is 0 Å². The summed E-state index contributed by atoms with van der Waals surface area (Å²) in [6.07, 6.45) is 5.18. The van der Waals surface area contributed by atoms with E-state index >= 15 is 0 Å². The highest BCUT2D eigenvalue weighted by atomic mass is 15.4. The van der Waals surface area contributed by atoms with Crippen LogP contribution in [0, 0.1) is 13.8 Å². The van der Waals surface area contributed by atoms with Crippen molar-refractivity contribution in [2.75, 3.05) is 41.3 Å². The smallest absolute Gasteiger partial charge is 0.247 e. The Bertz CT molecular complexity index is 907. The van der Waals surface area contributed by atoms with Gasteiger partial charge < -0.3 is 15.1 Å². The van der Waals surface area contributed by atoms with Gasteiger partial charge in [0.2, 0.25) is 11.9 Å². The van der Waals surface area contributed by atoms with Crippen molar-refractivity contribution < 1.29 is 0 Å². The number of aryl methyl sites for hydroxylation is 2. The highest BCUT2D eigenvalue weighted by molar-refractivity contribution is 5.58. The van der Waals surface area contributed by atoms with Crippen molar-refractivity contribution in [3.05, 3.63) is 54.0 Å². The summed E-state index contributed by atoms with van der Waals surface area (Å²) in [6.45, 7) is 7.44. The van der Waals surface area contributed by atoms with Crippen LogP contribution in [0.4, 0.5) is 23.4 Å². The van der Waals surface area contributed by atoms with E-state index in [0.717, 1.165) is 37.8 Å². The van der Waals surface area contributed by atoms with E-state index in [2.05, 4.69) is 66.2 Å². The Kier molecular flexibility index (Phi) is 4.78. The second kappa shape index (κ2) is 7.53. The monoisotopic (exact) mass is 362 g/mol. The van der Waals surface area contributed by atoms with Crippen molar-refractivity contribution in [3.8, 4) is 0 Å². The number of piperazine rings is 1. The van der Waals surface area contributed by atoms with Crippen LogP contribution in [0.2, 0.25) is 0 Å². The number of aromatic nitrogens is 5. The molecule has 8 nitrogen and oxygen atoms in total. The third kappa shape index (κ3) is 3.94. The highest BCUT2D eigenvalue weighted by Crippen LogP contribution is 2.20. The molecule has 0 unspecified atom stereocenters. The predicted molar refractivity (Wildman–Crippen MR) is 105 cm³/mol. The molecule has 0 aliphatic carbocycles. The Hall–Kier alpha value is -3.29. The molecule has 1 fully saturated rings. The number of benzene rings is 1. The van der Waals surface area contributed by atoms with Crippen molar-refractivity contribution in [3.63, 3.8) is 0 Å². The van der Waals surface area contributed by atoms with Crippen molar-refractivity contribution in [2.24, 2.45) is 0 Å². The Morgan fingerprint density at radius 3 is 2.30 bits per heavy atom. The van der Waals surface area contributed by atoms with Gasteiger partial charge in [0.05, 0.1) is 6.20 Å². The molecular weight excluding hydrogens is 340 g/mol. The molecule has 0 atom stereocenters. The molecule has 138 valence electrons. The van der Waals surface area contributed by atoms with Crippen LogP contribution in [0.5, 0.6) is 0 Å². The minimum Gasteiger partial charge on any atom is -0.339 e. The molecule has 0 spiro atoms. The first kappa shape index (κ1) is 17.1. The first-order valence-corrected chi connectivity index (χ1v) is 9.00. The van der Waals surface area contributed by atoms with Crippen molar-refractivity contribution in [1.82, 2.24) is 25.1 Å². The first-order chi connectivity index (χ1) is 13.2. The summed E-state index contributed by atoms with van der Waals surface area (Å²) in [6, 6.07) is 8.07. The molecule has 27 heavy (non-hydrogen) atoms. The fraction of sp³-hybridized carbons (Fsp3) is 0.316. The molecule has 0 radical (unpaired) electrons. The molecule has 8 heteroatoms. The van der Waals surface area contributed by atoms with E-state index in [4.69, 9.17) is 0 Å². The molecule has 1 aliphatic heterocycles. The fourth-order valence-corrected chi connectivity index (χ4v) is 3.02. The van der Waals surface area contributed by atoms with Gasteiger partial charge >= 0.3 is 0 Å². The number of nitrogens with one attached hydrogen (secondary N) is 1. The van der Waals surface area contributed by atoms with Gasteiger partial charge in [-0.1, -0.05) is 6.07 Å². The summed E-state index contributed by atoms with van der Waals surface area (Å²) in [5.74, 6) is 2.09. The molecule has 0 amide bonds. The number of hydrogen-bond acceptors (Lipinski definition) is 8. The molecular formula is C19H22N8. The lowest BCUT2D eigenvalue weighted by Crippen LogP contribution is -2.47. The maximum atomic E-state index is 4.63. The number of rotatable bonds is 4. The maximum Gasteiger partial charge on any atom is 0.247 e. The van der Waals surface area contributed by atoms with Gasteiger partial charge in [-0.2, -0.15) is 10.1 Å². The van der Waals surface area contributed by atoms with E-state index in [-0.39, 0.29) is 0 Å². The summed E-state index contributed by atoms with van der Waals surface area (Å²) in [7, 11) is 0. The fourth-order valence-electron chi connectivity index (χ4n) is 3.02. The predicted octanol–water partition coefficient (Wildman–Crippen LogP) is 2.35. The van der Waals surface area contributed by atoms with Crippen LogP contribution in [-0.4, -0.2) is 51.3 Å². The zero-order valence-corrected chi connectivity index (χ0v) is 15.5. The van der Waals surface area contributed by atoms with Crippen LogP contribution in [0.1, 0.15) is 11.1 Å². The normalized spacial score (nSPS) is 14.3. The van der Waals surface area contributed by atoms with Gasteiger partial charge in [0.25, 0.3) is 0 Å². The summed E-state index contributed by atoms with van der Waals surface area (Å²) in [5, 5.41) is 11.6. The summed E-state index contributed by atoms with van der Waals surface area (Å²) in [5.41, 5.74) is 3.50. The lowest BCUT2D eigenvalue weighted by Gasteiger charge is -2.34. The second-order valence-electron chi connectivity index (χ2n) is 6.59. The SMILES string of the molecule is Cc1ccc(Nc2cnnc(N3CCN(c4ncccn4)CC3)n2)cc1C. The maximum absolute atomic E-state index is 4.63. The molecule has 0 bridgehead atoms. The Balaban J connectivity index is 1.43. The first-order valence-electron chi connectivity index (χ1n) is 9.00. The molecule has 4 rings (SSSR count). The van der Waals surface area contributed by atoms with E-state index in [1.165, 1.54) is 11.1 Å². The number of nitrogens with zero attached hydrogens (tertiary/aromatic N) is 7. The largest absolute Gasteiger partial charge is 0.339 e. The molecule has 3 aromatic rings. The van der Waals surface area contributed by atoms with Crippen LogP contribution < -0.4 is 15.1 Å². The molecule has 1 aliphatic rings. The minimum atomic E-state index is 0.637. The topological polar surface area (TPSA) is 83.0 Å². The lowest BCUT2D eigenvalue weighted by atomic mass is 10.1. The third-order valence-corrected chi connectivity index (χ3v) is 4.72. The minimum absolute atomic E-state index is 0.637. The van der Waals surface area contributed by atoms with Gasteiger partial charge in [0.1, 0.15) is 0 Å². The van der Waals surface area contributed by atoms with Gasteiger partial charge in [0.15, 0.2) is 5.82 Å². The van der Waals surface area contributed by atoms with Crippen molar-refractivity contribution >= 4 is 23.4 Å². The summed E-state index contributed by atoms with van der Waals surface area (Å²) in [4.78, 5) is 17.6. The lowest BCUT2D eigenvalue weighted by molar-refractivity contribution is 0.624. The van der Waals surface area contributed by atoms with Gasteiger partial charge in [-0.25, -0.2) is 9.97 Å². The van der Waals surface area contributed by atoms with Crippen LogP contribution in [-0.2, 0) is 0 Å². The Labute approximate surface area is 158 Å².